The Kier molecular flexibility index (Phi) is 6.33. The SMILES string of the molecule is CC(C)(C)OC(=O)c1ccccc1NNc1ccccc1C(=O)OC(C)(C)C. The molecule has 0 bridgehead atoms. The maximum atomic E-state index is 12.5. The van der Waals surface area contributed by atoms with Crippen molar-refractivity contribution in [2.75, 3.05) is 10.9 Å². The zero-order chi connectivity index (χ0) is 20.9. The van der Waals surface area contributed by atoms with Crippen LogP contribution in [-0.4, -0.2) is 23.1 Å². The lowest BCUT2D eigenvalue weighted by molar-refractivity contribution is 0.00577. The van der Waals surface area contributed by atoms with E-state index in [4.69, 9.17) is 9.47 Å². The summed E-state index contributed by atoms with van der Waals surface area (Å²) in [5, 5.41) is 0. The molecular formula is C22H28N2O4. The molecule has 150 valence electrons. The fourth-order valence-corrected chi connectivity index (χ4v) is 2.34. The molecule has 6 heteroatoms. The van der Waals surface area contributed by atoms with E-state index in [1.165, 1.54) is 0 Å². The molecule has 0 spiro atoms. The van der Waals surface area contributed by atoms with Crippen molar-refractivity contribution in [1.29, 1.82) is 0 Å². The van der Waals surface area contributed by atoms with Gasteiger partial charge in [0.1, 0.15) is 11.2 Å². The number of carbonyl (C=O) groups is 2. The fourth-order valence-electron chi connectivity index (χ4n) is 2.34. The first kappa shape index (κ1) is 21.3. The minimum Gasteiger partial charge on any atom is -0.456 e. The van der Waals surface area contributed by atoms with Crippen LogP contribution >= 0.6 is 0 Å². The fraction of sp³-hybridized carbons (Fsp3) is 0.364. The van der Waals surface area contributed by atoms with Gasteiger partial charge in [-0.25, -0.2) is 9.59 Å². The molecule has 28 heavy (non-hydrogen) atoms. The van der Waals surface area contributed by atoms with Crippen molar-refractivity contribution in [2.45, 2.75) is 52.7 Å². The van der Waals surface area contributed by atoms with Gasteiger partial charge < -0.3 is 20.3 Å². The van der Waals surface area contributed by atoms with Crippen molar-refractivity contribution in [3.05, 3.63) is 59.7 Å². The van der Waals surface area contributed by atoms with E-state index in [-0.39, 0.29) is 0 Å². The van der Waals surface area contributed by atoms with Crippen LogP contribution in [0.15, 0.2) is 48.5 Å². The molecule has 2 N–H and O–H groups in total. The van der Waals surface area contributed by atoms with Gasteiger partial charge in [0.05, 0.1) is 22.5 Å². The van der Waals surface area contributed by atoms with Crippen molar-refractivity contribution in [1.82, 2.24) is 0 Å². The van der Waals surface area contributed by atoms with E-state index >= 15 is 0 Å². The highest BCUT2D eigenvalue weighted by molar-refractivity contribution is 5.97. The zero-order valence-corrected chi connectivity index (χ0v) is 17.3. The molecule has 0 radical (unpaired) electrons. The molecule has 0 aliphatic rings. The highest BCUT2D eigenvalue weighted by Gasteiger charge is 2.22. The number of nitrogens with one attached hydrogen (secondary N) is 2. The average Bonchev–Trinajstić information content (AvgIpc) is 2.57. The first-order valence-electron chi connectivity index (χ1n) is 9.13. The molecule has 0 aliphatic carbocycles. The number of hydrogen-bond donors (Lipinski definition) is 2. The molecule has 0 saturated carbocycles. The third kappa shape index (κ3) is 6.30. The number of hydrogen-bond acceptors (Lipinski definition) is 6. The largest absolute Gasteiger partial charge is 0.456 e. The number of esters is 2. The van der Waals surface area contributed by atoms with Gasteiger partial charge in [0.15, 0.2) is 0 Å². The third-order valence-electron chi connectivity index (χ3n) is 3.42. The number of para-hydroxylation sites is 2. The molecule has 2 aromatic rings. The van der Waals surface area contributed by atoms with Gasteiger partial charge in [-0.2, -0.15) is 0 Å². The number of ether oxygens (including phenoxy) is 2. The van der Waals surface area contributed by atoms with Crippen molar-refractivity contribution < 1.29 is 19.1 Å². The van der Waals surface area contributed by atoms with E-state index in [0.29, 0.717) is 22.5 Å². The molecule has 0 atom stereocenters. The van der Waals surface area contributed by atoms with Gasteiger partial charge in [0.2, 0.25) is 0 Å². The van der Waals surface area contributed by atoms with Crippen LogP contribution in [0.4, 0.5) is 11.4 Å². The molecule has 0 amide bonds. The highest BCUT2D eigenvalue weighted by Crippen LogP contribution is 2.22. The summed E-state index contributed by atoms with van der Waals surface area (Å²) in [5.41, 5.74) is 6.65. The molecule has 2 rings (SSSR count). The average molecular weight is 384 g/mol. The summed E-state index contributed by atoms with van der Waals surface area (Å²) in [6, 6.07) is 14.0. The monoisotopic (exact) mass is 384 g/mol. The molecule has 0 heterocycles. The number of anilines is 2. The Bertz CT molecular complexity index is 777. The first-order chi connectivity index (χ1) is 13.0. The van der Waals surface area contributed by atoms with Crippen LogP contribution < -0.4 is 10.9 Å². The Hall–Kier alpha value is -3.02. The normalized spacial score (nSPS) is 11.5. The minimum absolute atomic E-state index is 0.389. The van der Waals surface area contributed by atoms with Gasteiger partial charge in [-0.15, -0.1) is 0 Å². The van der Waals surface area contributed by atoms with E-state index < -0.39 is 23.1 Å². The number of carbonyl (C=O) groups excluding carboxylic acids is 2. The second kappa shape index (κ2) is 8.33. The lowest BCUT2D eigenvalue weighted by Gasteiger charge is -2.22. The van der Waals surface area contributed by atoms with E-state index in [1.807, 2.05) is 41.5 Å². The second-order valence-electron chi connectivity index (χ2n) is 8.34. The van der Waals surface area contributed by atoms with Crippen molar-refractivity contribution in [2.24, 2.45) is 0 Å². The predicted molar refractivity (Wildman–Crippen MR) is 110 cm³/mol. The minimum atomic E-state index is -0.596. The van der Waals surface area contributed by atoms with Gasteiger partial charge in [0, 0.05) is 0 Å². The van der Waals surface area contributed by atoms with E-state index in [0.717, 1.165) is 0 Å². The van der Waals surface area contributed by atoms with Crippen LogP contribution in [0.25, 0.3) is 0 Å². The Morgan fingerprint density at radius 2 is 0.964 bits per heavy atom. The quantitative estimate of drug-likeness (QED) is 0.556. The Balaban J connectivity index is 2.20. The summed E-state index contributed by atoms with van der Waals surface area (Å²) in [6.45, 7) is 10.9. The van der Waals surface area contributed by atoms with Crippen LogP contribution in [-0.2, 0) is 9.47 Å². The van der Waals surface area contributed by atoms with E-state index in [1.54, 1.807) is 48.5 Å². The molecule has 0 unspecified atom stereocenters. The predicted octanol–water partition coefficient (Wildman–Crippen LogP) is 5.04. The molecule has 0 fully saturated rings. The molecular weight excluding hydrogens is 356 g/mol. The molecule has 0 saturated heterocycles. The number of benzene rings is 2. The standard InChI is InChI=1S/C22H28N2O4/c1-21(2,3)27-19(25)15-11-7-9-13-17(15)23-24-18-14-10-8-12-16(18)20(26)28-22(4,5)6/h7-14,23-24H,1-6H3. The zero-order valence-electron chi connectivity index (χ0n) is 17.3. The summed E-state index contributed by atoms with van der Waals surface area (Å²) in [4.78, 5) is 24.9. The highest BCUT2D eigenvalue weighted by atomic mass is 16.6. The van der Waals surface area contributed by atoms with Crippen LogP contribution in [0, 0.1) is 0 Å². The Labute approximate surface area is 166 Å². The van der Waals surface area contributed by atoms with Crippen LogP contribution in [0.5, 0.6) is 0 Å². The summed E-state index contributed by atoms with van der Waals surface area (Å²) in [6.07, 6.45) is 0. The molecule has 0 aromatic heterocycles. The van der Waals surface area contributed by atoms with E-state index in [9.17, 15) is 9.59 Å². The lowest BCUT2D eigenvalue weighted by atomic mass is 10.1. The van der Waals surface area contributed by atoms with Gasteiger partial charge in [0.25, 0.3) is 0 Å². The maximum Gasteiger partial charge on any atom is 0.340 e. The Morgan fingerprint density at radius 3 is 1.29 bits per heavy atom. The number of rotatable bonds is 5. The summed E-state index contributed by atoms with van der Waals surface area (Å²) >= 11 is 0. The van der Waals surface area contributed by atoms with Crippen LogP contribution in [0.2, 0.25) is 0 Å². The maximum absolute atomic E-state index is 12.5. The van der Waals surface area contributed by atoms with Gasteiger partial charge in [-0.05, 0) is 65.8 Å². The van der Waals surface area contributed by atoms with Gasteiger partial charge in [-0.3, -0.25) is 0 Å². The molecule has 6 nitrogen and oxygen atoms in total. The lowest BCUT2D eigenvalue weighted by Crippen LogP contribution is -2.26. The van der Waals surface area contributed by atoms with Crippen LogP contribution in [0.1, 0.15) is 62.3 Å². The summed E-state index contributed by atoms with van der Waals surface area (Å²) in [7, 11) is 0. The smallest absolute Gasteiger partial charge is 0.340 e. The molecule has 2 aromatic carbocycles. The molecule has 0 aliphatic heterocycles. The first-order valence-corrected chi connectivity index (χ1v) is 9.13. The second-order valence-corrected chi connectivity index (χ2v) is 8.34. The third-order valence-corrected chi connectivity index (χ3v) is 3.42. The van der Waals surface area contributed by atoms with Crippen molar-refractivity contribution >= 4 is 23.3 Å². The Morgan fingerprint density at radius 1 is 0.643 bits per heavy atom. The van der Waals surface area contributed by atoms with Crippen molar-refractivity contribution in [3.8, 4) is 0 Å². The summed E-state index contributed by atoms with van der Waals surface area (Å²) < 4.78 is 10.9. The van der Waals surface area contributed by atoms with Gasteiger partial charge in [-0.1, -0.05) is 24.3 Å². The summed E-state index contributed by atoms with van der Waals surface area (Å²) in [5.74, 6) is -0.865. The van der Waals surface area contributed by atoms with Crippen LogP contribution in [0.3, 0.4) is 0 Å². The van der Waals surface area contributed by atoms with E-state index in [2.05, 4.69) is 10.9 Å². The topological polar surface area (TPSA) is 76.7 Å². The van der Waals surface area contributed by atoms with Crippen molar-refractivity contribution in [3.63, 3.8) is 0 Å². The number of hydrazine groups is 1. The van der Waals surface area contributed by atoms with Gasteiger partial charge >= 0.3 is 11.9 Å².